The lowest BCUT2D eigenvalue weighted by molar-refractivity contribution is -0.134. The van der Waals surface area contributed by atoms with Crippen LogP contribution in [-0.4, -0.2) is 62.8 Å². The summed E-state index contributed by atoms with van der Waals surface area (Å²) in [5, 5.41) is 3.03. The van der Waals surface area contributed by atoms with Crippen molar-refractivity contribution in [3.8, 4) is 0 Å². The first-order valence-corrected chi connectivity index (χ1v) is 11.8. The third kappa shape index (κ3) is 4.26. The van der Waals surface area contributed by atoms with Gasteiger partial charge in [-0.15, -0.1) is 0 Å². The Labute approximate surface area is 197 Å². The molecule has 0 spiro atoms. The van der Waals surface area contributed by atoms with E-state index in [4.69, 9.17) is 0 Å². The van der Waals surface area contributed by atoms with E-state index in [9.17, 15) is 18.8 Å². The number of nitrogens with one attached hydrogen (secondary N) is 1. The van der Waals surface area contributed by atoms with Crippen molar-refractivity contribution in [2.75, 3.05) is 19.6 Å². The molecule has 3 aliphatic rings. The molecule has 3 fully saturated rings. The summed E-state index contributed by atoms with van der Waals surface area (Å²) in [7, 11) is 0. The summed E-state index contributed by atoms with van der Waals surface area (Å²) in [5.74, 6) is -0.502. The van der Waals surface area contributed by atoms with Crippen LogP contribution >= 0.6 is 0 Å². The fourth-order valence-electron chi connectivity index (χ4n) is 5.07. The number of rotatable bonds is 6. The second-order valence-corrected chi connectivity index (χ2v) is 9.67. The van der Waals surface area contributed by atoms with Gasteiger partial charge in [-0.25, -0.2) is 14.2 Å². The van der Waals surface area contributed by atoms with E-state index in [1.165, 1.54) is 23.2 Å². The molecular formula is C25H28FN5O3. The number of aromatic nitrogens is 2. The first-order valence-electron chi connectivity index (χ1n) is 11.8. The van der Waals surface area contributed by atoms with Gasteiger partial charge in [-0.3, -0.25) is 19.5 Å². The zero-order valence-electron chi connectivity index (χ0n) is 19.2. The lowest BCUT2D eigenvalue weighted by atomic mass is 9.74. The van der Waals surface area contributed by atoms with Gasteiger partial charge in [0.05, 0.1) is 11.9 Å². The SMILES string of the molecule is Cc1cnc(C(=O)N2CCC([C@]3(Cc4ccc(F)cc4)NC(=O)N(CC4CC4)C3=O)CC2)cn1. The summed E-state index contributed by atoms with van der Waals surface area (Å²) < 4.78 is 13.5. The maximum Gasteiger partial charge on any atom is 0.325 e. The molecule has 9 heteroatoms. The molecule has 3 heterocycles. The van der Waals surface area contributed by atoms with Crippen molar-refractivity contribution in [2.45, 2.75) is 44.6 Å². The maximum atomic E-state index is 13.7. The van der Waals surface area contributed by atoms with Crippen LogP contribution in [0.25, 0.3) is 0 Å². The van der Waals surface area contributed by atoms with Gasteiger partial charge in [0.15, 0.2) is 0 Å². The third-order valence-electron chi connectivity index (χ3n) is 7.21. The number of likely N-dealkylation sites (tertiary alicyclic amines) is 1. The molecule has 0 bridgehead atoms. The van der Waals surface area contributed by atoms with Gasteiger partial charge in [-0.1, -0.05) is 12.1 Å². The molecule has 2 aliphatic heterocycles. The van der Waals surface area contributed by atoms with E-state index >= 15 is 0 Å². The summed E-state index contributed by atoms with van der Waals surface area (Å²) in [5.41, 5.74) is 0.731. The Morgan fingerprint density at radius 1 is 1.09 bits per heavy atom. The van der Waals surface area contributed by atoms with E-state index < -0.39 is 5.54 Å². The third-order valence-corrected chi connectivity index (χ3v) is 7.21. The molecule has 1 aromatic carbocycles. The number of piperidine rings is 1. The Hall–Kier alpha value is -3.36. The monoisotopic (exact) mass is 465 g/mol. The van der Waals surface area contributed by atoms with Crippen LogP contribution in [0.15, 0.2) is 36.7 Å². The van der Waals surface area contributed by atoms with Crippen LogP contribution in [0.1, 0.15) is 47.4 Å². The van der Waals surface area contributed by atoms with Crippen molar-refractivity contribution in [3.63, 3.8) is 0 Å². The average Bonchev–Trinajstić information content (AvgIpc) is 3.63. The van der Waals surface area contributed by atoms with E-state index in [0.29, 0.717) is 50.5 Å². The molecule has 8 nitrogen and oxygen atoms in total. The van der Waals surface area contributed by atoms with E-state index in [1.54, 1.807) is 23.2 Å². The largest absolute Gasteiger partial charge is 0.337 e. The quantitative estimate of drug-likeness (QED) is 0.662. The Morgan fingerprint density at radius 2 is 1.79 bits per heavy atom. The van der Waals surface area contributed by atoms with Crippen molar-refractivity contribution >= 4 is 17.8 Å². The second kappa shape index (κ2) is 8.77. The summed E-state index contributed by atoms with van der Waals surface area (Å²) in [6.07, 6.45) is 6.54. The number of benzene rings is 1. The summed E-state index contributed by atoms with van der Waals surface area (Å²) >= 11 is 0. The zero-order valence-corrected chi connectivity index (χ0v) is 19.2. The van der Waals surface area contributed by atoms with Crippen LogP contribution in [0.3, 0.4) is 0 Å². The Kier molecular flexibility index (Phi) is 5.79. The van der Waals surface area contributed by atoms with Crippen molar-refractivity contribution < 1.29 is 18.8 Å². The number of nitrogens with zero attached hydrogens (tertiary/aromatic N) is 4. The van der Waals surface area contributed by atoms with Gasteiger partial charge in [0.1, 0.15) is 17.1 Å². The first kappa shape index (κ1) is 22.4. The minimum atomic E-state index is -1.09. The van der Waals surface area contributed by atoms with Crippen LogP contribution in [-0.2, 0) is 11.2 Å². The van der Waals surface area contributed by atoms with Crippen LogP contribution in [0.5, 0.6) is 0 Å². The van der Waals surface area contributed by atoms with Gasteiger partial charge in [0, 0.05) is 32.3 Å². The number of hydrogen-bond acceptors (Lipinski definition) is 5. The molecule has 0 radical (unpaired) electrons. The van der Waals surface area contributed by atoms with Gasteiger partial charge in [-0.05, 0) is 62.1 Å². The lowest BCUT2D eigenvalue weighted by Gasteiger charge is -2.41. The molecule has 1 N–H and O–H groups in total. The fourth-order valence-corrected chi connectivity index (χ4v) is 5.07. The average molecular weight is 466 g/mol. The van der Waals surface area contributed by atoms with Crippen LogP contribution in [0, 0.1) is 24.6 Å². The van der Waals surface area contributed by atoms with Crippen LogP contribution in [0.4, 0.5) is 9.18 Å². The molecule has 1 aromatic heterocycles. The Morgan fingerprint density at radius 3 is 2.41 bits per heavy atom. The van der Waals surface area contributed by atoms with Crippen molar-refractivity contribution in [1.82, 2.24) is 25.1 Å². The standard InChI is InChI=1S/C25H28FN5O3/c1-16-13-28-21(14-27-16)22(32)30-10-8-19(9-11-30)25(12-17-4-6-20(26)7-5-17)23(33)31(24(34)29-25)15-18-2-3-18/h4-7,13-14,18-19H,2-3,8-12,15H2,1H3,(H,29,34)/t25-/m0/s1. The van der Waals surface area contributed by atoms with Crippen LogP contribution in [0.2, 0.25) is 0 Å². The van der Waals surface area contributed by atoms with E-state index in [2.05, 4.69) is 15.3 Å². The molecule has 4 amide bonds. The number of halogens is 1. The molecule has 2 saturated heterocycles. The molecule has 5 rings (SSSR count). The maximum absolute atomic E-state index is 13.7. The highest BCUT2D eigenvalue weighted by Gasteiger charge is 2.56. The van der Waals surface area contributed by atoms with E-state index in [0.717, 1.165) is 24.1 Å². The molecule has 1 aliphatic carbocycles. The Bertz CT molecular complexity index is 1090. The van der Waals surface area contributed by atoms with Gasteiger partial charge in [0.25, 0.3) is 11.8 Å². The van der Waals surface area contributed by atoms with Crippen molar-refractivity contribution in [2.24, 2.45) is 11.8 Å². The predicted octanol–water partition coefficient (Wildman–Crippen LogP) is 2.72. The van der Waals surface area contributed by atoms with Gasteiger partial charge in [0.2, 0.25) is 0 Å². The number of hydrogen-bond donors (Lipinski definition) is 1. The zero-order chi connectivity index (χ0) is 23.9. The number of amides is 4. The number of aryl methyl sites for hydroxylation is 1. The number of carbonyl (C=O) groups excluding carboxylic acids is 3. The summed E-state index contributed by atoms with van der Waals surface area (Å²) in [4.78, 5) is 50.9. The molecule has 178 valence electrons. The van der Waals surface area contributed by atoms with Crippen molar-refractivity contribution in [1.29, 1.82) is 0 Å². The second-order valence-electron chi connectivity index (χ2n) is 9.67. The highest BCUT2D eigenvalue weighted by Crippen LogP contribution is 2.39. The molecule has 2 aromatic rings. The number of imide groups is 1. The predicted molar refractivity (Wildman–Crippen MR) is 121 cm³/mol. The minimum Gasteiger partial charge on any atom is -0.337 e. The topological polar surface area (TPSA) is 95.5 Å². The highest BCUT2D eigenvalue weighted by molar-refractivity contribution is 6.07. The molecule has 0 unspecified atom stereocenters. The number of urea groups is 1. The van der Waals surface area contributed by atoms with Gasteiger partial charge < -0.3 is 10.2 Å². The van der Waals surface area contributed by atoms with E-state index in [-0.39, 0.29) is 29.6 Å². The van der Waals surface area contributed by atoms with Gasteiger partial charge >= 0.3 is 6.03 Å². The smallest absolute Gasteiger partial charge is 0.325 e. The molecule has 34 heavy (non-hydrogen) atoms. The molecular weight excluding hydrogens is 437 g/mol. The summed E-state index contributed by atoms with van der Waals surface area (Å²) in [6.45, 7) is 3.16. The normalized spacial score (nSPS) is 23.4. The number of carbonyl (C=O) groups is 3. The first-order chi connectivity index (χ1) is 16.4. The van der Waals surface area contributed by atoms with Crippen molar-refractivity contribution in [3.05, 3.63) is 59.4 Å². The summed E-state index contributed by atoms with van der Waals surface area (Å²) in [6, 6.07) is 5.71. The lowest BCUT2D eigenvalue weighted by Crippen LogP contribution is -2.58. The highest BCUT2D eigenvalue weighted by atomic mass is 19.1. The molecule has 1 saturated carbocycles. The van der Waals surface area contributed by atoms with E-state index in [1.807, 2.05) is 6.92 Å². The fraction of sp³-hybridized carbons (Fsp3) is 0.480. The van der Waals surface area contributed by atoms with Crippen LogP contribution < -0.4 is 5.32 Å². The minimum absolute atomic E-state index is 0.147. The Balaban J connectivity index is 1.36. The van der Waals surface area contributed by atoms with Gasteiger partial charge in [-0.2, -0.15) is 0 Å². The molecule has 1 atom stereocenters.